The van der Waals surface area contributed by atoms with Crippen LogP contribution in [0.1, 0.15) is 31.4 Å². The molecule has 0 atom stereocenters. The molecular formula is C14H21NO4S. The third-order valence-corrected chi connectivity index (χ3v) is 4.26. The van der Waals surface area contributed by atoms with Crippen LogP contribution in [0.2, 0.25) is 0 Å². The molecule has 0 saturated carbocycles. The Balaban J connectivity index is 2.67. The molecule has 2 N–H and O–H groups in total. The van der Waals surface area contributed by atoms with Gasteiger partial charge in [-0.1, -0.05) is 38.1 Å². The van der Waals surface area contributed by atoms with Gasteiger partial charge < -0.3 is 5.11 Å². The highest BCUT2D eigenvalue weighted by Crippen LogP contribution is 2.10. The minimum Gasteiger partial charge on any atom is -0.481 e. The molecule has 20 heavy (non-hydrogen) atoms. The summed E-state index contributed by atoms with van der Waals surface area (Å²) in [7, 11) is -3.32. The molecule has 0 heterocycles. The molecule has 0 fully saturated rings. The van der Waals surface area contributed by atoms with Gasteiger partial charge in [0.25, 0.3) is 0 Å². The first-order chi connectivity index (χ1) is 9.30. The van der Waals surface area contributed by atoms with E-state index >= 15 is 0 Å². The monoisotopic (exact) mass is 299 g/mol. The molecule has 0 aliphatic rings. The number of hydrogen-bond acceptors (Lipinski definition) is 3. The summed E-state index contributed by atoms with van der Waals surface area (Å²) >= 11 is 0. The highest BCUT2D eigenvalue weighted by Gasteiger charge is 2.13. The molecule has 1 aromatic carbocycles. The SMILES string of the molecule is CC(C)CCS(=O)(=O)NCc1ccccc1CC(=O)O. The highest BCUT2D eigenvalue weighted by molar-refractivity contribution is 7.89. The van der Waals surface area contributed by atoms with E-state index in [1.807, 2.05) is 13.8 Å². The van der Waals surface area contributed by atoms with Gasteiger partial charge in [0.2, 0.25) is 10.0 Å². The second-order valence-corrected chi connectivity index (χ2v) is 7.09. The largest absolute Gasteiger partial charge is 0.481 e. The molecule has 0 saturated heterocycles. The van der Waals surface area contributed by atoms with Crippen molar-refractivity contribution in [1.82, 2.24) is 4.72 Å². The minimum atomic E-state index is -3.32. The van der Waals surface area contributed by atoms with E-state index in [1.165, 1.54) is 0 Å². The summed E-state index contributed by atoms with van der Waals surface area (Å²) in [6.45, 7) is 4.07. The number of rotatable bonds is 8. The second-order valence-electron chi connectivity index (χ2n) is 5.16. The lowest BCUT2D eigenvalue weighted by Crippen LogP contribution is -2.27. The number of carbonyl (C=O) groups is 1. The lowest BCUT2D eigenvalue weighted by Gasteiger charge is -2.11. The summed E-state index contributed by atoms with van der Waals surface area (Å²) in [4.78, 5) is 10.8. The van der Waals surface area contributed by atoms with E-state index < -0.39 is 16.0 Å². The number of carboxylic acid groups (broad SMARTS) is 1. The third kappa shape index (κ3) is 6.16. The van der Waals surface area contributed by atoms with Crippen molar-refractivity contribution in [2.75, 3.05) is 5.75 Å². The summed E-state index contributed by atoms with van der Waals surface area (Å²) in [6, 6.07) is 6.95. The quantitative estimate of drug-likeness (QED) is 0.766. The molecule has 0 bridgehead atoms. The maximum atomic E-state index is 11.8. The van der Waals surface area contributed by atoms with Gasteiger partial charge in [-0.25, -0.2) is 13.1 Å². The number of sulfonamides is 1. The predicted molar refractivity (Wildman–Crippen MR) is 77.9 cm³/mol. The average molecular weight is 299 g/mol. The molecule has 6 heteroatoms. The summed E-state index contributed by atoms with van der Waals surface area (Å²) in [5, 5.41) is 8.83. The Morgan fingerprint density at radius 1 is 1.25 bits per heavy atom. The number of aliphatic carboxylic acids is 1. The summed E-state index contributed by atoms with van der Waals surface area (Å²) in [6.07, 6.45) is 0.496. The Hall–Kier alpha value is -1.40. The fourth-order valence-corrected chi connectivity index (χ4v) is 3.02. The van der Waals surface area contributed by atoms with Crippen LogP contribution >= 0.6 is 0 Å². The van der Waals surface area contributed by atoms with Crippen LogP contribution < -0.4 is 4.72 Å². The van der Waals surface area contributed by atoms with Gasteiger partial charge in [0.05, 0.1) is 12.2 Å². The van der Waals surface area contributed by atoms with Gasteiger partial charge in [0.15, 0.2) is 0 Å². The summed E-state index contributed by atoms with van der Waals surface area (Å²) in [5.41, 5.74) is 1.33. The standard InChI is InChI=1S/C14H21NO4S/c1-11(2)7-8-20(18,19)15-10-13-6-4-3-5-12(13)9-14(16)17/h3-6,11,15H,7-10H2,1-2H3,(H,16,17). The molecule has 0 amide bonds. The van der Waals surface area contributed by atoms with E-state index in [2.05, 4.69) is 4.72 Å². The minimum absolute atomic E-state index is 0.0891. The van der Waals surface area contributed by atoms with Crippen molar-refractivity contribution in [1.29, 1.82) is 0 Å². The van der Waals surface area contributed by atoms with Crippen LogP contribution in [0.3, 0.4) is 0 Å². The molecule has 5 nitrogen and oxygen atoms in total. The zero-order valence-electron chi connectivity index (χ0n) is 11.8. The van der Waals surface area contributed by atoms with Gasteiger partial charge in [0.1, 0.15) is 0 Å². The fraction of sp³-hybridized carbons (Fsp3) is 0.500. The topological polar surface area (TPSA) is 83.5 Å². The van der Waals surface area contributed by atoms with E-state index in [4.69, 9.17) is 5.11 Å². The molecule has 1 rings (SSSR count). The van der Waals surface area contributed by atoms with Crippen LogP contribution in [0.5, 0.6) is 0 Å². The number of nitrogens with one attached hydrogen (secondary N) is 1. The molecule has 0 radical (unpaired) electrons. The van der Waals surface area contributed by atoms with Crippen molar-refractivity contribution < 1.29 is 18.3 Å². The Bertz CT molecular complexity index is 552. The van der Waals surface area contributed by atoms with E-state index in [0.29, 0.717) is 23.5 Å². The van der Waals surface area contributed by atoms with Gasteiger partial charge in [-0.2, -0.15) is 0 Å². The first kappa shape index (κ1) is 16.7. The Kier molecular flexibility index (Phi) is 6.16. The predicted octanol–water partition coefficient (Wildman–Crippen LogP) is 1.78. The summed E-state index contributed by atoms with van der Waals surface area (Å²) in [5.74, 6) is -0.517. The number of carboxylic acids is 1. The second kappa shape index (κ2) is 7.40. The normalized spacial score (nSPS) is 11.8. The maximum absolute atomic E-state index is 11.8. The lowest BCUT2D eigenvalue weighted by molar-refractivity contribution is -0.136. The first-order valence-electron chi connectivity index (χ1n) is 6.56. The van der Waals surface area contributed by atoms with Gasteiger partial charge >= 0.3 is 5.97 Å². The zero-order chi connectivity index (χ0) is 15.2. The molecule has 0 unspecified atom stereocenters. The highest BCUT2D eigenvalue weighted by atomic mass is 32.2. The molecule has 0 spiro atoms. The van der Waals surface area contributed by atoms with E-state index in [-0.39, 0.29) is 18.7 Å². The van der Waals surface area contributed by atoms with Crippen molar-refractivity contribution >= 4 is 16.0 Å². The number of benzene rings is 1. The Morgan fingerprint density at radius 2 is 1.85 bits per heavy atom. The van der Waals surface area contributed by atoms with Crippen LogP contribution in [0, 0.1) is 5.92 Å². The van der Waals surface area contributed by atoms with Crippen LogP contribution in [-0.2, 0) is 27.8 Å². The average Bonchev–Trinajstić information content (AvgIpc) is 2.35. The van der Waals surface area contributed by atoms with Crippen molar-refractivity contribution in [2.24, 2.45) is 5.92 Å². The fourth-order valence-electron chi connectivity index (χ4n) is 1.72. The van der Waals surface area contributed by atoms with Crippen LogP contribution in [0.15, 0.2) is 24.3 Å². The van der Waals surface area contributed by atoms with Crippen molar-refractivity contribution in [2.45, 2.75) is 33.2 Å². The molecule has 112 valence electrons. The van der Waals surface area contributed by atoms with Crippen molar-refractivity contribution in [3.63, 3.8) is 0 Å². The lowest BCUT2D eigenvalue weighted by atomic mass is 10.1. The Morgan fingerprint density at radius 3 is 2.40 bits per heavy atom. The molecule has 0 aromatic heterocycles. The van der Waals surface area contributed by atoms with Crippen LogP contribution in [0.25, 0.3) is 0 Å². The first-order valence-corrected chi connectivity index (χ1v) is 8.21. The van der Waals surface area contributed by atoms with E-state index in [1.54, 1.807) is 24.3 Å². The third-order valence-electron chi connectivity index (χ3n) is 2.91. The number of hydrogen-bond donors (Lipinski definition) is 2. The Labute approximate surface area is 120 Å². The van der Waals surface area contributed by atoms with Gasteiger partial charge in [-0.15, -0.1) is 0 Å². The molecule has 0 aliphatic carbocycles. The van der Waals surface area contributed by atoms with Gasteiger partial charge in [0, 0.05) is 6.54 Å². The van der Waals surface area contributed by atoms with E-state index in [0.717, 1.165) is 0 Å². The van der Waals surface area contributed by atoms with Gasteiger partial charge in [-0.3, -0.25) is 4.79 Å². The molecule has 0 aliphatic heterocycles. The maximum Gasteiger partial charge on any atom is 0.307 e. The molecular weight excluding hydrogens is 278 g/mol. The zero-order valence-corrected chi connectivity index (χ0v) is 12.6. The van der Waals surface area contributed by atoms with Crippen molar-refractivity contribution in [3.8, 4) is 0 Å². The van der Waals surface area contributed by atoms with Crippen LogP contribution in [0.4, 0.5) is 0 Å². The van der Waals surface area contributed by atoms with Crippen molar-refractivity contribution in [3.05, 3.63) is 35.4 Å². The van der Waals surface area contributed by atoms with Crippen LogP contribution in [-0.4, -0.2) is 25.2 Å². The molecule has 1 aromatic rings. The smallest absolute Gasteiger partial charge is 0.307 e. The van der Waals surface area contributed by atoms with E-state index in [9.17, 15) is 13.2 Å². The summed E-state index contributed by atoms with van der Waals surface area (Å²) < 4.78 is 26.2. The van der Waals surface area contributed by atoms with Gasteiger partial charge in [-0.05, 0) is 23.5 Å².